The summed E-state index contributed by atoms with van der Waals surface area (Å²) in [6.45, 7) is 3.42. The van der Waals surface area contributed by atoms with Crippen LogP contribution >= 0.6 is 11.6 Å². The van der Waals surface area contributed by atoms with Gasteiger partial charge in [-0.05, 0) is 50.5 Å². The molecule has 6 heteroatoms. The van der Waals surface area contributed by atoms with Gasteiger partial charge in [0.15, 0.2) is 5.60 Å². The van der Waals surface area contributed by atoms with Crippen LogP contribution in [0.1, 0.15) is 40.5 Å². The van der Waals surface area contributed by atoms with Gasteiger partial charge in [0.25, 0.3) is 0 Å². The zero-order valence-electron chi connectivity index (χ0n) is 15.0. The Bertz CT molecular complexity index is 480. The van der Waals surface area contributed by atoms with E-state index in [0.29, 0.717) is 24.8 Å². The van der Waals surface area contributed by atoms with Crippen LogP contribution in [0.3, 0.4) is 0 Å². The van der Waals surface area contributed by atoms with Crippen molar-refractivity contribution in [3.63, 3.8) is 0 Å². The molecule has 0 saturated carbocycles. The molecule has 0 bridgehead atoms. The summed E-state index contributed by atoms with van der Waals surface area (Å²) >= 11 is 5.82. The van der Waals surface area contributed by atoms with Gasteiger partial charge in [-0.2, -0.15) is 0 Å². The summed E-state index contributed by atoms with van der Waals surface area (Å²) in [7, 11) is 0. The van der Waals surface area contributed by atoms with E-state index >= 15 is 0 Å². The standard InChI is InChI=1S/C17H23ClO4.K.H/c1-2-20-16(19)17(13-22-17)11-5-3-4-6-12-21-15-9-7-14(18)8-10-15;;/h7-10H,2-6,11-13H2,1H3;;/q;+1;-1/t17-;;/m1../s1. The van der Waals surface area contributed by atoms with Crippen LogP contribution in [0.2, 0.25) is 5.02 Å². The van der Waals surface area contributed by atoms with Crippen LogP contribution in [0.15, 0.2) is 24.3 Å². The topological polar surface area (TPSA) is 48.1 Å². The molecule has 0 unspecified atom stereocenters. The molecule has 0 spiro atoms. The fourth-order valence-electron chi connectivity index (χ4n) is 2.30. The molecule has 1 aliphatic heterocycles. The minimum absolute atomic E-state index is 0. The SMILES string of the molecule is CCOC(=O)[C@@]1(CCCCCCOc2ccc(Cl)cc2)CO1.[H-].[K+]. The maximum Gasteiger partial charge on any atom is 1.00 e. The Morgan fingerprint density at radius 1 is 1.26 bits per heavy atom. The molecular formula is C17H24ClKO4. The van der Waals surface area contributed by atoms with Crippen LogP contribution in [0.4, 0.5) is 0 Å². The number of ether oxygens (including phenoxy) is 3. The van der Waals surface area contributed by atoms with Crippen molar-refractivity contribution < 1.29 is 71.8 Å². The van der Waals surface area contributed by atoms with Gasteiger partial charge in [0.1, 0.15) is 5.75 Å². The molecule has 2 rings (SSSR count). The minimum atomic E-state index is -0.629. The van der Waals surface area contributed by atoms with Gasteiger partial charge in [0.2, 0.25) is 0 Å². The van der Waals surface area contributed by atoms with Crippen molar-refractivity contribution >= 4 is 17.6 Å². The summed E-state index contributed by atoms with van der Waals surface area (Å²) in [5, 5.41) is 0.713. The normalized spacial score (nSPS) is 18.9. The van der Waals surface area contributed by atoms with Crippen molar-refractivity contribution in [2.24, 2.45) is 0 Å². The molecule has 1 fully saturated rings. The van der Waals surface area contributed by atoms with E-state index in [2.05, 4.69) is 0 Å². The van der Waals surface area contributed by atoms with Gasteiger partial charge in [-0.3, -0.25) is 0 Å². The zero-order valence-corrected chi connectivity index (χ0v) is 17.9. The van der Waals surface area contributed by atoms with Gasteiger partial charge in [0, 0.05) is 5.02 Å². The molecule has 0 aromatic heterocycles. The largest absolute Gasteiger partial charge is 1.00 e. The number of esters is 1. The Hall–Kier alpha value is 0.376. The summed E-state index contributed by atoms with van der Waals surface area (Å²) in [4.78, 5) is 11.7. The maximum absolute atomic E-state index is 11.7. The molecule has 0 aliphatic carbocycles. The molecule has 0 N–H and O–H groups in total. The molecule has 1 heterocycles. The van der Waals surface area contributed by atoms with Gasteiger partial charge < -0.3 is 15.6 Å². The Morgan fingerprint density at radius 2 is 1.91 bits per heavy atom. The Labute approximate surface area is 187 Å². The van der Waals surface area contributed by atoms with Crippen LogP contribution in [-0.2, 0) is 14.3 Å². The van der Waals surface area contributed by atoms with Crippen LogP contribution in [0.5, 0.6) is 5.75 Å². The first kappa shape index (κ1) is 21.4. The Balaban J connectivity index is 0.00000264. The smallest absolute Gasteiger partial charge is 1.00 e. The third-order valence-corrected chi connectivity index (χ3v) is 3.95. The van der Waals surface area contributed by atoms with E-state index in [9.17, 15) is 4.79 Å². The average Bonchev–Trinajstić information content (AvgIpc) is 3.30. The van der Waals surface area contributed by atoms with Gasteiger partial charge in [-0.15, -0.1) is 0 Å². The van der Waals surface area contributed by atoms with Crippen molar-refractivity contribution in [1.29, 1.82) is 0 Å². The molecule has 4 nitrogen and oxygen atoms in total. The molecule has 0 radical (unpaired) electrons. The maximum atomic E-state index is 11.7. The summed E-state index contributed by atoms with van der Waals surface area (Å²) in [5.74, 6) is 0.637. The summed E-state index contributed by atoms with van der Waals surface area (Å²) in [6.07, 6.45) is 4.86. The number of hydrogen-bond acceptors (Lipinski definition) is 4. The quantitative estimate of drug-likeness (QED) is 0.269. The number of rotatable bonds is 10. The molecule has 1 aromatic carbocycles. The van der Waals surface area contributed by atoms with E-state index in [1.165, 1.54) is 0 Å². The van der Waals surface area contributed by atoms with Crippen LogP contribution in [0, 0.1) is 0 Å². The van der Waals surface area contributed by atoms with Gasteiger partial charge in [-0.1, -0.05) is 24.4 Å². The molecule has 23 heavy (non-hydrogen) atoms. The minimum Gasteiger partial charge on any atom is -1.00 e. The van der Waals surface area contributed by atoms with E-state index in [4.69, 9.17) is 25.8 Å². The van der Waals surface area contributed by atoms with Crippen molar-refractivity contribution in [3.05, 3.63) is 29.3 Å². The number of unbranched alkanes of at least 4 members (excludes halogenated alkanes) is 3. The predicted octanol–water partition coefficient (Wildman–Crippen LogP) is 1.12. The Kier molecular flexibility index (Phi) is 10.3. The second-order valence-electron chi connectivity index (χ2n) is 5.47. The van der Waals surface area contributed by atoms with Gasteiger partial charge in [0.05, 0.1) is 19.8 Å². The summed E-state index contributed by atoms with van der Waals surface area (Å²) < 4.78 is 16.0. The fraction of sp³-hybridized carbons (Fsp3) is 0.588. The van der Waals surface area contributed by atoms with Gasteiger partial charge >= 0.3 is 57.4 Å². The molecular weight excluding hydrogens is 343 g/mol. The average molecular weight is 367 g/mol. The summed E-state index contributed by atoms with van der Waals surface area (Å²) in [6, 6.07) is 7.38. The van der Waals surface area contributed by atoms with E-state index < -0.39 is 5.60 Å². The first-order chi connectivity index (χ1) is 10.7. The third-order valence-electron chi connectivity index (χ3n) is 3.70. The molecule has 1 aromatic rings. The monoisotopic (exact) mass is 366 g/mol. The molecule has 0 amide bonds. The van der Waals surface area contributed by atoms with Crippen molar-refractivity contribution in [2.45, 2.75) is 44.6 Å². The Morgan fingerprint density at radius 3 is 2.52 bits per heavy atom. The van der Waals surface area contributed by atoms with Crippen molar-refractivity contribution in [2.75, 3.05) is 19.8 Å². The molecule has 1 aliphatic rings. The van der Waals surface area contributed by atoms with Crippen molar-refractivity contribution in [1.82, 2.24) is 0 Å². The molecule has 124 valence electrons. The third kappa shape index (κ3) is 7.42. The second kappa shape index (κ2) is 11.1. The number of carbonyl (C=O) groups is 1. The second-order valence-corrected chi connectivity index (χ2v) is 5.91. The number of benzene rings is 1. The first-order valence-electron chi connectivity index (χ1n) is 7.86. The van der Waals surface area contributed by atoms with Crippen LogP contribution in [-0.4, -0.2) is 31.4 Å². The van der Waals surface area contributed by atoms with E-state index in [1.807, 2.05) is 31.2 Å². The number of hydrogen-bond donors (Lipinski definition) is 0. The van der Waals surface area contributed by atoms with E-state index in [0.717, 1.165) is 37.9 Å². The predicted molar refractivity (Wildman–Crippen MR) is 86.5 cm³/mol. The first-order valence-corrected chi connectivity index (χ1v) is 8.24. The van der Waals surface area contributed by atoms with Crippen LogP contribution in [0.25, 0.3) is 0 Å². The molecule has 1 atom stereocenters. The van der Waals surface area contributed by atoms with Crippen molar-refractivity contribution in [3.8, 4) is 5.75 Å². The number of epoxide rings is 1. The number of halogens is 1. The fourth-order valence-corrected chi connectivity index (χ4v) is 2.43. The summed E-state index contributed by atoms with van der Waals surface area (Å²) in [5.41, 5.74) is -0.629. The van der Waals surface area contributed by atoms with E-state index in [1.54, 1.807) is 0 Å². The van der Waals surface area contributed by atoms with E-state index in [-0.39, 0.29) is 58.8 Å². The zero-order chi connectivity index (χ0) is 15.8. The molecule has 1 saturated heterocycles. The van der Waals surface area contributed by atoms with Crippen LogP contribution < -0.4 is 56.1 Å². The number of carbonyl (C=O) groups excluding carboxylic acids is 1. The van der Waals surface area contributed by atoms with Gasteiger partial charge in [-0.25, -0.2) is 4.79 Å².